The fourth-order valence-corrected chi connectivity index (χ4v) is 1.40. The van der Waals surface area contributed by atoms with Crippen molar-refractivity contribution in [3.63, 3.8) is 0 Å². The van der Waals surface area contributed by atoms with E-state index in [1.54, 1.807) is 0 Å². The van der Waals surface area contributed by atoms with Crippen LogP contribution < -0.4 is 10.6 Å². The maximum atomic E-state index is 3.72. The molecule has 0 aliphatic heterocycles. The summed E-state index contributed by atoms with van der Waals surface area (Å²) in [6, 6.07) is 8.50. The number of hydrogen-bond acceptors (Lipinski definition) is 2. The Hall–Kier alpha value is -1.28. The molecule has 0 aromatic heterocycles. The highest BCUT2D eigenvalue weighted by molar-refractivity contribution is 5.44. The summed E-state index contributed by atoms with van der Waals surface area (Å²) in [5.74, 6) is 0. The number of likely N-dealkylation sites (N-methyl/N-ethyl adjacent to an activating group) is 1. The van der Waals surface area contributed by atoms with Crippen LogP contribution in [0.15, 0.2) is 36.9 Å². The summed E-state index contributed by atoms with van der Waals surface area (Å²) in [6.07, 6.45) is 2.87. The Labute approximate surface area is 92.4 Å². The molecule has 0 saturated carbocycles. The minimum Gasteiger partial charge on any atom is -0.384 e. The predicted octanol–water partition coefficient (Wildman–Crippen LogP) is 2.44. The summed E-state index contributed by atoms with van der Waals surface area (Å²) in [4.78, 5) is 0. The third kappa shape index (κ3) is 4.66. The van der Waals surface area contributed by atoms with Crippen molar-refractivity contribution in [2.45, 2.75) is 13.3 Å². The highest BCUT2D eigenvalue weighted by Crippen LogP contribution is 2.09. The van der Waals surface area contributed by atoms with Crippen molar-refractivity contribution >= 4 is 5.69 Å². The molecule has 2 nitrogen and oxygen atoms in total. The standard InChI is InChI=1S/C13H20N2/c1-3-5-12-6-8-13(9-7-12)15-11-10-14-4-2/h3,6-9,14-15H,1,4-5,10-11H2,2H3. The first-order valence-electron chi connectivity index (χ1n) is 5.51. The van der Waals surface area contributed by atoms with Crippen LogP contribution in [0.25, 0.3) is 0 Å². The van der Waals surface area contributed by atoms with Crippen LogP contribution in [0.3, 0.4) is 0 Å². The van der Waals surface area contributed by atoms with Crippen molar-refractivity contribution < 1.29 is 0 Å². The highest BCUT2D eigenvalue weighted by atomic mass is 14.9. The van der Waals surface area contributed by atoms with Gasteiger partial charge in [0.05, 0.1) is 0 Å². The number of allylic oxidation sites excluding steroid dienone is 1. The van der Waals surface area contributed by atoms with Crippen molar-refractivity contribution in [2.24, 2.45) is 0 Å². The van der Waals surface area contributed by atoms with E-state index in [-0.39, 0.29) is 0 Å². The fourth-order valence-electron chi connectivity index (χ4n) is 1.40. The van der Waals surface area contributed by atoms with Crippen LogP contribution in [0.4, 0.5) is 5.69 Å². The van der Waals surface area contributed by atoms with E-state index >= 15 is 0 Å². The Bertz CT molecular complexity index is 277. The molecule has 0 saturated heterocycles. The molecule has 2 heteroatoms. The Morgan fingerprint density at radius 1 is 1.20 bits per heavy atom. The quantitative estimate of drug-likeness (QED) is 0.526. The maximum Gasteiger partial charge on any atom is 0.0340 e. The third-order valence-electron chi connectivity index (χ3n) is 2.21. The average molecular weight is 204 g/mol. The summed E-state index contributed by atoms with van der Waals surface area (Å²) < 4.78 is 0. The molecule has 0 fully saturated rings. The number of anilines is 1. The lowest BCUT2D eigenvalue weighted by molar-refractivity contribution is 0.739. The third-order valence-corrected chi connectivity index (χ3v) is 2.21. The molecule has 0 amide bonds. The van der Waals surface area contributed by atoms with E-state index in [1.165, 1.54) is 11.3 Å². The van der Waals surface area contributed by atoms with Crippen LogP contribution in [-0.2, 0) is 6.42 Å². The normalized spacial score (nSPS) is 9.93. The second-order valence-electron chi connectivity index (χ2n) is 3.47. The lowest BCUT2D eigenvalue weighted by atomic mass is 10.1. The van der Waals surface area contributed by atoms with Gasteiger partial charge in [0.2, 0.25) is 0 Å². The number of nitrogens with one attached hydrogen (secondary N) is 2. The van der Waals surface area contributed by atoms with Gasteiger partial charge in [-0.2, -0.15) is 0 Å². The van der Waals surface area contributed by atoms with Gasteiger partial charge in [0.15, 0.2) is 0 Å². The molecule has 0 unspecified atom stereocenters. The van der Waals surface area contributed by atoms with Crippen molar-refractivity contribution in [1.82, 2.24) is 5.32 Å². The monoisotopic (exact) mass is 204 g/mol. The molecule has 1 aromatic carbocycles. The van der Waals surface area contributed by atoms with Gasteiger partial charge in [0, 0.05) is 18.8 Å². The van der Waals surface area contributed by atoms with E-state index in [0.717, 1.165) is 26.1 Å². The van der Waals surface area contributed by atoms with E-state index in [0.29, 0.717) is 0 Å². The zero-order valence-electron chi connectivity index (χ0n) is 9.42. The average Bonchev–Trinajstić information content (AvgIpc) is 2.27. The van der Waals surface area contributed by atoms with Crippen molar-refractivity contribution in [3.8, 4) is 0 Å². The molecule has 0 atom stereocenters. The first-order valence-corrected chi connectivity index (χ1v) is 5.51. The van der Waals surface area contributed by atoms with Gasteiger partial charge in [-0.05, 0) is 30.7 Å². The summed E-state index contributed by atoms with van der Waals surface area (Å²) in [6.45, 7) is 8.84. The minimum absolute atomic E-state index is 0.942. The van der Waals surface area contributed by atoms with Gasteiger partial charge < -0.3 is 10.6 Å². The lowest BCUT2D eigenvalue weighted by Crippen LogP contribution is -2.21. The van der Waals surface area contributed by atoms with E-state index < -0.39 is 0 Å². The second-order valence-corrected chi connectivity index (χ2v) is 3.47. The molecule has 2 N–H and O–H groups in total. The van der Waals surface area contributed by atoms with Crippen LogP contribution in [0.1, 0.15) is 12.5 Å². The topological polar surface area (TPSA) is 24.1 Å². The number of hydrogen-bond donors (Lipinski definition) is 2. The maximum absolute atomic E-state index is 3.72. The summed E-state index contributed by atoms with van der Waals surface area (Å²) >= 11 is 0. The number of benzene rings is 1. The smallest absolute Gasteiger partial charge is 0.0340 e. The van der Waals surface area contributed by atoms with Gasteiger partial charge in [-0.25, -0.2) is 0 Å². The lowest BCUT2D eigenvalue weighted by Gasteiger charge is -2.07. The zero-order valence-corrected chi connectivity index (χ0v) is 9.42. The Balaban J connectivity index is 2.32. The SMILES string of the molecule is C=CCc1ccc(NCCNCC)cc1. The predicted molar refractivity (Wildman–Crippen MR) is 67.4 cm³/mol. The molecule has 15 heavy (non-hydrogen) atoms. The molecular weight excluding hydrogens is 184 g/mol. The van der Waals surface area contributed by atoms with Crippen molar-refractivity contribution in [1.29, 1.82) is 0 Å². The molecule has 0 bridgehead atoms. The van der Waals surface area contributed by atoms with Crippen molar-refractivity contribution in [3.05, 3.63) is 42.5 Å². The van der Waals surface area contributed by atoms with E-state index in [9.17, 15) is 0 Å². The molecule has 0 radical (unpaired) electrons. The summed E-state index contributed by atoms with van der Waals surface area (Å²) in [5.41, 5.74) is 2.49. The molecule has 0 aliphatic carbocycles. The van der Waals surface area contributed by atoms with Crippen LogP contribution in [-0.4, -0.2) is 19.6 Å². The molecule has 0 heterocycles. The molecular formula is C13H20N2. The van der Waals surface area contributed by atoms with E-state index in [2.05, 4.69) is 48.4 Å². The Morgan fingerprint density at radius 2 is 1.93 bits per heavy atom. The Morgan fingerprint density at radius 3 is 2.53 bits per heavy atom. The number of rotatable bonds is 7. The molecule has 82 valence electrons. The van der Waals surface area contributed by atoms with Gasteiger partial charge in [-0.15, -0.1) is 6.58 Å². The zero-order chi connectivity index (χ0) is 10.9. The van der Waals surface area contributed by atoms with Crippen molar-refractivity contribution in [2.75, 3.05) is 25.0 Å². The molecule has 0 spiro atoms. The van der Waals surface area contributed by atoms with Crippen LogP contribution in [0.2, 0.25) is 0 Å². The first kappa shape index (κ1) is 11.8. The summed E-state index contributed by atoms with van der Waals surface area (Å²) in [7, 11) is 0. The molecule has 1 rings (SSSR count). The summed E-state index contributed by atoms with van der Waals surface area (Å²) in [5, 5.41) is 6.63. The van der Waals surface area contributed by atoms with Gasteiger partial charge in [-0.1, -0.05) is 25.1 Å². The van der Waals surface area contributed by atoms with Gasteiger partial charge in [0.25, 0.3) is 0 Å². The van der Waals surface area contributed by atoms with Gasteiger partial charge >= 0.3 is 0 Å². The fraction of sp³-hybridized carbons (Fsp3) is 0.385. The second kappa shape index (κ2) is 7.07. The van der Waals surface area contributed by atoms with Crippen LogP contribution in [0, 0.1) is 0 Å². The first-order chi connectivity index (χ1) is 7.36. The molecule has 0 aliphatic rings. The van der Waals surface area contributed by atoms with Gasteiger partial charge in [0.1, 0.15) is 0 Å². The van der Waals surface area contributed by atoms with E-state index in [1.807, 2.05) is 6.08 Å². The van der Waals surface area contributed by atoms with Gasteiger partial charge in [-0.3, -0.25) is 0 Å². The van der Waals surface area contributed by atoms with Crippen LogP contribution in [0.5, 0.6) is 0 Å². The Kier molecular flexibility index (Phi) is 5.56. The van der Waals surface area contributed by atoms with Crippen LogP contribution >= 0.6 is 0 Å². The van der Waals surface area contributed by atoms with E-state index in [4.69, 9.17) is 0 Å². The largest absolute Gasteiger partial charge is 0.384 e. The molecule has 1 aromatic rings. The minimum atomic E-state index is 0.942. The highest BCUT2D eigenvalue weighted by Gasteiger charge is 1.92.